The van der Waals surface area contributed by atoms with E-state index in [9.17, 15) is 4.39 Å². The summed E-state index contributed by atoms with van der Waals surface area (Å²) >= 11 is 0. The first-order valence-electron chi connectivity index (χ1n) is 6.96. The predicted molar refractivity (Wildman–Crippen MR) is 79.8 cm³/mol. The van der Waals surface area contributed by atoms with Gasteiger partial charge in [-0.2, -0.15) is 0 Å². The van der Waals surface area contributed by atoms with Crippen LogP contribution in [0.3, 0.4) is 0 Å². The Kier molecular flexibility index (Phi) is 4.85. The summed E-state index contributed by atoms with van der Waals surface area (Å²) in [4.78, 5) is 4.39. The molecule has 3 heteroatoms. The Labute approximate surface area is 120 Å². The molecule has 1 atom stereocenters. The molecule has 0 saturated carbocycles. The van der Waals surface area contributed by atoms with Gasteiger partial charge in [0.25, 0.3) is 0 Å². The first kappa shape index (κ1) is 14.7. The maximum Gasteiger partial charge on any atom is 0.123 e. The number of pyridine rings is 1. The third-order valence-corrected chi connectivity index (χ3v) is 3.37. The molecule has 0 aliphatic carbocycles. The zero-order valence-corrected chi connectivity index (χ0v) is 12.2. The molecule has 0 bridgehead atoms. The summed E-state index contributed by atoms with van der Waals surface area (Å²) in [5, 5.41) is 3.51. The van der Waals surface area contributed by atoms with Gasteiger partial charge in [0.05, 0.1) is 5.69 Å². The van der Waals surface area contributed by atoms with Crippen LogP contribution in [0.15, 0.2) is 42.6 Å². The lowest BCUT2D eigenvalue weighted by Crippen LogP contribution is -2.25. The van der Waals surface area contributed by atoms with Crippen molar-refractivity contribution in [2.75, 3.05) is 0 Å². The number of aromatic nitrogens is 1. The van der Waals surface area contributed by atoms with Crippen LogP contribution in [-0.4, -0.2) is 4.98 Å². The van der Waals surface area contributed by atoms with Crippen molar-refractivity contribution in [3.63, 3.8) is 0 Å². The van der Waals surface area contributed by atoms with E-state index in [0.717, 1.165) is 16.8 Å². The maximum absolute atomic E-state index is 13.0. The molecule has 2 aromatic rings. The van der Waals surface area contributed by atoms with Crippen LogP contribution in [0.25, 0.3) is 0 Å². The molecule has 0 amide bonds. The topological polar surface area (TPSA) is 24.9 Å². The highest BCUT2D eigenvalue weighted by atomic mass is 19.1. The second-order valence-electron chi connectivity index (χ2n) is 5.48. The Hall–Kier alpha value is -1.74. The molecule has 0 fully saturated rings. The van der Waals surface area contributed by atoms with Crippen LogP contribution >= 0.6 is 0 Å². The molecular weight excluding hydrogens is 251 g/mol. The molecular formula is C17H21FN2. The quantitative estimate of drug-likeness (QED) is 0.889. The zero-order valence-electron chi connectivity index (χ0n) is 12.2. The van der Waals surface area contributed by atoms with Gasteiger partial charge in [-0.3, -0.25) is 4.98 Å². The summed E-state index contributed by atoms with van der Waals surface area (Å²) in [7, 11) is 0. The van der Waals surface area contributed by atoms with Crippen molar-refractivity contribution in [1.29, 1.82) is 0 Å². The van der Waals surface area contributed by atoms with Gasteiger partial charge in [-0.1, -0.05) is 32.0 Å². The number of hydrogen-bond donors (Lipinski definition) is 1. The lowest BCUT2D eigenvalue weighted by atomic mass is 9.96. The van der Waals surface area contributed by atoms with Crippen molar-refractivity contribution < 1.29 is 4.39 Å². The molecule has 1 heterocycles. The van der Waals surface area contributed by atoms with E-state index >= 15 is 0 Å². The highest BCUT2D eigenvalue weighted by Crippen LogP contribution is 2.22. The average molecular weight is 272 g/mol. The summed E-state index contributed by atoms with van der Waals surface area (Å²) in [6.45, 7) is 7.05. The summed E-state index contributed by atoms with van der Waals surface area (Å²) in [6.07, 6.45) is 1.87. The minimum Gasteiger partial charge on any atom is -0.304 e. The third-order valence-electron chi connectivity index (χ3n) is 3.37. The molecule has 0 spiro atoms. The molecule has 0 saturated heterocycles. The highest BCUT2D eigenvalue weighted by molar-refractivity contribution is 5.21. The highest BCUT2D eigenvalue weighted by Gasteiger charge is 2.15. The molecule has 1 unspecified atom stereocenters. The normalized spacial score (nSPS) is 12.7. The van der Waals surface area contributed by atoms with E-state index in [1.54, 1.807) is 0 Å². The molecule has 106 valence electrons. The molecule has 2 rings (SSSR count). The first-order chi connectivity index (χ1) is 9.56. The van der Waals surface area contributed by atoms with Crippen molar-refractivity contribution in [3.05, 3.63) is 65.2 Å². The van der Waals surface area contributed by atoms with Gasteiger partial charge in [0.15, 0.2) is 0 Å². The van der Waals surface area contributed by atoms with E-state index in [0.29, 0.717) is 12.5 Å². The Balaban J connectivity index is 2.06. The number of halogens is 1. The fourth-order valence-corrected chi connectivity index (χ4v) is 2.23. The van der Waals surface area contributed by atoms with Crippen LogP contribution in [0.4, 0.5) is 4.39 Å². The fourth-order valence-electron chi connectivity index (χ4n) is 2.23. The van der Waals surface area contributed by atoms with Gasteiger partial charge < -0.3 is 5.32 Å². The zero-order chi connectivity index (χ0) is 14.5. The fraction of sp³-hybridized carbons (Fsp3) is 0.353. The summed E-state index contributed by atoms with van der Waals surface area (Å²) < 4.78 is 13.0. The van der Waals surface area contributed by atoms with Crippen molar-refractivity contribution in [3.8, 4) is 0 Å². The van der Waals surface area contributed by atoms with E-state index in [2.05, 4.69) is 30.2 Å². The summed E-state index contributed by atoms with van der Waals surface area (Å²) in [5.41, 5.74) is 3.28. The minimum absolute atomic E-state index is 0.193. The lowest BCUT2D eigenvalue weighted by molar-refractivity contribution is 0.408. The monoisotopic (exact) mass is 272 g/mol. The predicted octanol–water partition coefficient (Wildman–Crippen LogP) is 4.02. The van der Waals surface area contributed by atoms with Crippen LogP contribution in [0.1, 0.15) is 36.7 Å². The average Bonchev–Trinajstić information content (AvgIpc) is 2.43. The number of nitrogens with one attached hydrogen (secondary N) is 1. The van der Waals surface area contributed by atoms with E-state index in [-0.39, 0.29) is 11.9 Å². The lowest BCUT2D eigenvalue weighted by Gasteiger charge is -2.23. The van der Waals surface area contributed by atoms with E-state index in [1.165, 1.54) is 12.1 Å². The molecule has 20 heavy (non-hydrogen) atoms. The maximum atomic E-state index is 13.0. The number of nitrogens with zero attached hydrogens (tertiary/aromatic N) is 1. The van der Waals surface area contributed by atoms with Gasteiger partial charge in [-0.25, -0.2) is 4.39 Å². The molecule has 2 nitrogen and oxygen atoms in total. The number of aryl methyl sites for hydroxylation is 1. The molecule has 1 N–H and O–H groups in total. The van der Waals surface area contributed by atoms with Crippen molar-refractivity contribution in [2.24, 2.45) is 5.92 Å². The van der Waals surface area contributed by atoms with Gasteiger partial charge in [0.1, 0.15) is 5.82 Å². The van der Waals surface area contributed by atoms with Gasteiger partial charge in [0, 0.05) is 18.8 Å². The second-order valence-corrected chi connectivity index (χ2v) is 5.48. The van der Waals surface area contributed by atoms with Crippen molar-refractivity contribution in [1.82, 2.24) is 10.3 Å². The summed E-state index contributed by atoms with van der Waals surface area (Å²) in [6, 6.07) is 11.0. The van der Waals surface area contributed by atoms with Gasteiger partial charge in [-0.15, -0.1) is 0 Å². The number of benzene rings is 1. The smallest absolute Gasteiger partial charge is 0.123 e. The molecule has 1 aromatic heterocycles. The van der Waals surface area contributed by atoms with Crippen LogP contribution in [0, 0.1) is 18.7 Å². The van der Waals surface area contributed by atoms with Crippen molar-refractivity contribution in [2.45, 2.75) is 33.4 Å². The number of rotatable bonds is 5. The van der Waals surface area contributed by atoms with E-state index in [4.69, 9.17) is 0 Å². The van der Waals surface area contributed by atoms with Crippen LogP contribution in [-0.2, 0) is 6.54 Å². The SMILES string of the molecule is Cc1ccc(CNC(c2ccc(F)cc2)C(C)C)nc1. The largest absolute Gasteiger partial charge is 0.304 e. The van der Waals surface area contributed by atoms with Gasteiger partial charge >= 0.3 is 0 Å². The standard InChI is InChI=1S/C17H21FN2/c1-12(2)17(14-5-7-15(18)8-6-14)20-11-16-9-4-13(3)10-19-16/h4-10,12,17,20H,11H2,1-3H3. The minimum atomic E-state index is -0.198. The van der Waals surface area contributed by atoms with Crippen LogP contribution < -0.4 is 5.32 Å². The molecule has 1 aromatic carbocycles. The molecule has 0 radical (unpaired) electrons. The third kappa shape index (κ3) is 3.87. The molecule has 0 aliphatic rings. The summed E-state index contributed by atoms with van der Waals surface area (Å²) in [5.74, 6) is 0.224. The Bertz CT molecular complexity index is 532. The second kappa shape index (κ2) is 6.62. The van der Waals surface area contributed by atoms with Crippen LogP contribution in [0.2, 0.25) is 0 Å². The van der Waals surface area contributed by atoms with Gasteiger partial charge in [0.2, 0.25) is 0 Å². The van der Waals surface area contributed by atoms with Crippen LogP contribution in [0.5, 0.6) is 0 Å². The van der Waals surface area contributed by atoms with E-state index < -0.39 is 0 Å². The first-order valence-corrected chi connectivity index (χ1v) is 6.96. The Morgan fingerprint density at radius 2 is 1.80 bits per heavy atom. The van der Waals surface area contributed by atoms with Crippen molar-refractivity contribution >= 4 is 0 Å². The molecule has 0 aliphatic heterocycles. The Morgan fingerprint density at radius 3 is 2.35 bits per heavy atom. The Morgan fingerprint density at radius 1 is 1.10 bits per heavy atom. The number of hydrogen-bond acceptors (Lipinski definition) is 2. The van der Waals surface area contributed by atoms with E-state index in [1.807, 2.05) is 31.3 Å². The van der Waals surface area contributed by atoms with Gasteiger partial charge in [-0.05, 0) is 42.2 Å².